The number of ether oxygens (including phenoxy) is 1. The number of halogens is 3. The maximum atomic E-state index is 12.5. The number of rotatable bonds is 5. The van der Waals surface area contributed by atoms with Crippen LogP contribution in [0.25, 0.3) is 0 Å². The van der Waals surface area contributed by atoms with Crippen LogP contribution in [0, 0.1) is 0 Å². The maximum Gasteiger partial charge on any atom is 0.410 e. The molecule has 0 bridgehead atoms. The number of nitrogens with zero attached hydrogens (tertiary/aromatic N) is 4. The van der Waals surface area contributed by atoms with Gasteiger partial charge in [0.2, 0.25) is 0 Å². The molecule has 2 rings (SSSR count). The van der Waals surface area contributed by atoms with E-state index in [1.807, 2.05) is 20.8 Å². The lowest BCUT2D eigenvalue weighted by molar-refractivity contribution is -0.143. The fourth-order valence-electron chi connectivity index (χ4n) is 3.55. The molecule has 0 aromatic carbocycles. The zero-order valence-electron chi connectivity index (χ0n) is 18.4. The molecule has 1 unspecified atom stereocenters. The topological polar surface area (TPSA) is 72.4 Å². The van der Waals surface area contributed by atoms with Crippen molar-refractivity contribution in [3.05, 3.63) is 0 Å². The molecular formula is C19H35F3N6O2. The van der Waals surface area contributed by atoms with E-state index in [9.17, 15) is 18.0 Å². The number of hydrogen-bond donors (Lipinski definition) is 2. The summed E-state index contributed by atoms with van der Waals surface area (Å²) in [6.07, 6.45) is -3.79. The first-order chi connectivity index (χ1) is 13.9. The Hall–Kier alpha value is -1.75. The number of carbonyl (C=O) groups is 1. The summed E-state index contributed by atoms with van der Waals surface area (Å²) in [5.74, 6) is 0.598. The highest BCUT2D eigenvalue weighted by atomic mass is 19.4. The first-order valence-corrected chi connectivity index (χ1v) is 10.4. The largest absolute Gasteiger partial charge is 0.444 e. The quantitative estimate of drug-likeness (QED) is 0.501. The van der Waals surface area contributed by atoms with Gasteiger partial charge >= 0.3 is 12.3 Å². The van der Waals surface area contributed by atoms with Gasteiger partial charge in [0.15, 0.2) is 5.96 Å². The highest BCUT2D eigenvalue weighted by Gasteiger charge is 2.34. The van der Waals surface area contributed by atoms with E-state index < -0.39 is 18.3 Å². The monoisotopic (exact) mass is 436 g/mol. The van der Waals surface area contributed by atoms with Gasteiger partial charge in [-0.3, -0.25) is 14.8 Å². The van der Waals surface area contributed by atoms with Crippen LogP contribution in [0.2, 0.25) is 0 Å². The normalized spacial score (nSPS) is 22.3. The average molecular weight is 437 g/mol. The second kappa shape index (κ2) is 10.5. The summed E-state index contributed by atoms with van der Waals surface area (Å²) in [4.78, 5) is 21.7. The van der Waals surface area contributed by atoms with Crippen LogP contribution in [0.5, 0.6) is 0 Å². The number of hydrogen-bond acceptors (Lipinski definition) is 5. The van der Waals surface area contributed by atoms with Gasteiger partial charge < -0.3 is 20.3 Å². The summed E-state index contributed by atoms with van der Waals surface area (Å²) >= 11 is 0. The number of aliphatic imine (C=N–C) groups is 1. The Kier molecular flexibility index (Phi) is 8.60. The molecular weight excluding hydrogens is 401 g/mol. The first-order valence-electron chi connectivity index (χ1n) is 10.4. The molecule has 2 aliphatic heterocycles. The van der Waals surface area contributed by atoms with Crippen LogP contribution in [0.3, 0.4) is 0 Å². The molecule has 2 saturated heterocycles. The van der Waals surface area contributed by atoms with Crippen molar-refractivity contribution in [1.82, 2.24) is 25.3 Å². The third-order valence-corrected chi connectivity index (χ3v) is 4.98. The van der Waals surface area contributed by atoms with Crippen molar-refractivity contribution in [1.29, 1.82) is 0 Å². The van der Waals surface area contributed by atoms with Crippen LogP contribution in [0.4, 0.5) is 18.0 Å². The Morgan fingerprint density at radius 3 is 2.33 bits per heavy atom. The van der Waals surface area contributed by atoms with E-state index in [4.69, 9.17) is 4.74 Å². The standard InChI is InChI=1S/C19H35F3N6O2/c1-18(2,3)30-17(29)28-11-9-26(10-12-28)8-6-24-16(23-4)25-15-5-7-27(13-15)14-19(20,21)22/h15H,5-14H2,1-4H3,(H2,23,24,25). The van der Waals surface area contributed by atoms with Crippen molar-refractivity contribution >= 4 is 12.1 Å². The van der Waals surface area contributed by atoms with Crippen LogP contribution >= 0.6 is 0 Å². The number of guanidine groups is 1. The summed E-state index contributed by atoms with van der Waals surface area (Å²) in [6, 6.07) is -0.0454. The van der Waals surface area contributed by atoms with Crippen molar-refractivity contribution in [2.75, 3.05) is 66.0 Å². The smallest absolute Gasteiger partial charge is 0.410 e. The lowest BCUT2D eigenvalue weighted by Gasteiger charge is -2.35. The predicted molar refractivity (Wildman–Crippen MR) is 110 cm³/mol. The molecule has 30 heavy (non-hydrogen) atoms. The Bertz CT molecular complexity index is 586. The van der Waals surface area contributed by atoms with Gasteiger partial charge in [0.1, 0.15) is 5.60 Å². The number of amides is 1. The Morgan fingerprint density at radius 1 is 1.10 bits per heavy atom. The highest BCUT2D eigenvalue weighted by molar-refractivity contribution is 5.80. The Labute approximate surface area is 176 Å². The van der Waals surface area contributed by atoms with Gasteiger partial charge in [0.25, 0.3) is 0 Å². The van der Waals surface area contributed by atoms with Gasteiger partial charge in [-0.25, -0.2) is 4.79 Å². The summed E-state index contributed by atoms with van der Waals surface area (Å²) in [5.41, 5.74) is -0.496. The average Bonchev–Trinajstić information content (AvgIpc) is 3.05. The highest BCUT2D eigenvalue weighted by Crippen LogP contribution is 2.19. The number of alkyl halides is 3. The SMILES string of the molecule is CN=C(NCCN1CCN(C(=O)OC(C)(C)C)CC1)NC1CCN(CC(F)(F)F)C1. The van der Waals surface area contributed by atoms with Gasteiger partial charge in [0, 0.05) is 65.4 Å². The minimum absolute atomic E-state index is 0.0454. The summed E-state index contributed by atoms with van der Waals surface area (Å²) in [7, 11) is 1.65. The van der Waals surface area contributed by atoms with E-state index in [1.165, 1.54) is 4.90 Å². The molecule has 1 atom stereocenters. The number of carbonyl (C=O) groups excluding carboxylic acids is 1. The molecule has 8 nitrogen and oxygen atoms in total. The van der Waals surface area contributed by atoms with Gasteiger partial charge in [-0.2, -0.15) is 13.2 Å². The fourth-order valence-corrected chi connectivity index (χ4v) is 3.55. The van der Waals surface area contributed by atoms with E-state index in [-0.39, 0.29) is 12.1 Å². The molecule has 2 heterocycles. The maximum absolute atomic E-state index is 12.5. The second-order valence-corrected chi connectivity index (χ2v) is 8.79. The van der Waals surface area contributed by atoms with E-state index in [2.05, 4.69) is 20.5 Å². The Morgan fingerprint density at radius 2 is 1.77 bits per heavy atom. The summed E-state index contributed by atoms with van der Waals surface area (Å²) < 4.78 is 43.0. The summed E-state index contributed by atoms with van der Waals surface area (Å²) in [6.45, 7) is 9.70. The van der Waals surface area contributed by atoms with Crippen LogP contribution in [0.1, 0.15) is 27.2 Å². The number of likely N-dealkylation sites (tertiary alicyclic amines) is 1. The van der Waals surface area contributed by atoms with Gasteiger partial charge in [-0.15, -0.1) is 0 Å². The van der Waals surface area contributed by atoms with Crippen molar-refractivity contribution in [2.45, 2.75) is 45.0 Å². The fraction of sp³-hybridized carbons (Fsp3) is 0.895. The molecule has 0 aliphatic carbocycles. The van der Waals surface area contributed by atoms with Crippen molar-refractivity contribution in [2.24, 2.45) is 4.99 Å². The minimum atomic E-state index is -4.16. The molecule has 2 N–H and O–H groups in total. The third-order valence-electron chi connectivity index (χ3n) is 4.98. The lowest BCUT2D eigenvalue weighted by Crippen LogP contribution is -2.52. The predicted octanol–water partition coefficient (Wildman–Crippen LogP) is 1.34. The van der Waals surface area contributed by atoms with Crippen molar-refractivity contribution in [3.63, 3.8) is 0 Å². The molecule has 0 radical (unpaired) electrons. The molecule has 0 spiro atoms. The van der Waals surface area contributed by atoms with Crippen molar-refractivity contribution in [3.8, 4) is 0 Å². The van der Waals surface area contributed by atoms with E-state index in [0.717, 1.165) is 19.6 Å². The van der Waals surface area contributed by atoms with Crippen LogP contribution in [0.15, 0.2) is 4.99 Å². The van der Waals surface area contributed by atoms with E-state index in [1.54, 1.807) is 11.9 Å². The molecule has 0 aromatic heterocycles. The zero-order valence-corrected chi connectivity index (χ0v) is 18.4. The van der Waals surface area contributed by atoms with Crippen molar-refractivity contribution < 1.29 is 22.7 Å². The first kappa shape index (κ1) is 24.5. The number of nitrogens with one attached hydrogen (secondary N) is 2. The van der Waals surface area contributed by atoms with Gasteiger partial charge in [-0.05, 0) is 27.2 Å². The molecule has 11 heteroatoms. The molecule has 1 amide bonds. The zero-order chi connectivity index (χ0) is 22.4. The third kappa shape index (κ3) is 8.95. The molecule has 174 valence electrons. The number of piperazine rings is 1. The molecule has 0 aromatic rings. The summed E-state index contributed by atoms with van der Waals surface area (Å²) in [5, 5.41) is 6.43. The van der Waals surface area contributed by atoms with Crippen LogP contribution in [-0.4, -0.2) is 111 Å². The van der Waals surface area contributed by atoms with Crippen LogP contribution in [-0.2, 0) is 4.74 Å². The molecule has 0 saturated carbocycles. The van der Waals surface area contributed by atoms with Gasteiger partial charge in [-0.1, -0.05) is 0 Å². The molecule has 2 aliphatic rings. The van der Waals surface area contributed by atoms with E-state index >= 15 is 0 Å². The lowest BCUT2D eigenvalue weighted by atomic mass is 10.2. The minimum Gasteiger partial charge on any atom is -0.444 e. The van der Waals surface area contributed by atoms with Gasteiger partial charge in [0.05, 0.1) is 6.54 Å². The van der Waals surface area contributed by atoms with Crippen LogP contribution < -0.4 is 10.6 Å². The Balaban J connectivity index is 1.64. The second-order valence-electron chi connectivity index (χ2n) is 8.79. The molecule has 2 fully saturated rings. The van der Waals surface area contributed by atoms with E-state index in [0.29, 0.717) is 45.1 Å².